The van der Waals surface area contributed by atoms with Crippen molar-refractivity contribution in [2.75, 3.05) is 25.1 Å². The van der Waals surface area contributed by atoms with Gasteiger partial charge in [-0.15, -0.1) is 0 Å². The molecule has 0 atom stereocenters. The number of sulfonamides is 1. The Labute approximate surface area is 187 Å². The molecule has 9 nitrogen and oxygen atoms in total. The van der Waals surface area contributed by atoms with Crippen molar-refractivity contribution in [3.8, 4) is 5.75 Å². The molecule has 0 unspecified atom stereocenters. The number of unbranched alkanes of at least 4 members (excludes halogenated alkanes) is 1. The molecule has 0 amide bonds. The van der Waals surface area contributed by atoms with Gasteiger partial charge >= 0.3 is 5.97 Å². The van der Waals surface area contributed by atoms with Gasteiger partial charge in [-0.2, -0.15) is 5.10 Å². The summed E-state index contributed by atoms with van der Waals surface area (Å²) >= 11 is 0. The number of methoxy groups -OCH3 is 1. The molecular weight excluding hydrogens is 432 g/mol. The van der Waals surface area contributed by atoms with Crippen LogP contribution in [-0.2, 0) is 21.3 Å². The molecule has 10 heteroatoms. The van der Waals surface area contributed by atoms with E-state index in [4.69, 9.17) is 9.47 Å². The van der Waals surface area contributed by atoms with Crippen LogP contribution in [0, 0.1) is 0 Å². The van der Waals surface area contributed by atoms with Crippen molar-refractivity contribution in [1.29, 1.82) is 0 Å². The van der Waals surface area contributed by atoms with E-state index in [2.05, 4.69) is 17.0 Å². The number of carbonyl (C=O) groups is 1. The van der Waals surface area contributed by atoms with Gasteiger partial charge in [-0.25, -0.2) is 22.9 Å². The van der Waals surface area contributed by atoms with Crippen LogP contribution in [0.5, 0.6) is 5.75 Å². The molecule has 1 aromatic heterocycles. The average Bonchev–Trinajstić information content (AvgIpc) is 3.31. The summed E-state index contributed by atoms with van der Waals surface area (Å²) in [4.78, 5) is 16.2. The van der Waals surface area contributed by atoms with Gasteiger partial charge in [-0.1, -0.05) is 13.3 Å². The Kier molecular flexibility index (Phi) is 7.47. The minimum absolute atomic E-state index is 0.115. The number of nitrogens with zero attached hydrogens (tertiary/aromatic N) is 4. The number of ether oxygens (including phenoxy) is 2. The van der Waals surface area contributed by atoms with Crippen LogP contribution in [0.1, 0.15) is 35.7 Å². The fraction of sp³-hybridized carbons (Fsp3) is 0.318. The monoisotopic (exact) mass is 458 g/mol. The van der Waals surface area contributed by atoms with Crippen LogP contribution in [0.4, 0.5) is 5.69 Å². The molecule has 0 radical (unpaired) electrons. The molecule has 0 fully saturated rings. The molecule has 0 spiro atoms. The number of esters is 1. The number of hydrogen-bond donors (Lipinski definition) is 0. The quantitative estimate of drug-likeness (QED) is 0.340. The van der Waals surface area contributed by atoms with Crippen LogP contribution in [0.25, 0.3) is 0 Å². The van der Waals surface area contributed by atoms with Gasteiger partial charge in [0, 0.05) is 7.05 Å². The van der Waals surface area contributed by atoms with Gasteiger partial charge in [0.1, 0.15) is 18.4 Å². The summed E-state index contributed by atoms with van der Waals surface area (Å²) < 4.78 is 39.6. The van der Waals surface area contributed by atoms with Gasteiger partial charge < -0.3 is 9.47 Å². The number of rotatable bonds is 10. The summed E-state index contributed by atoms with van der Waals surface area (Å²) in [5.41, 5.74) is 1.24. The molecule has 3 rings (SSSR count). The standard InChI is InChI=1S/C22H26N4O5S/c1-4-5-10-31-20-6-8-21(9-7-20)32(28,29)25(2)19-12-17(14-26-16-23-15-24-26)11-18(13-19)22(27)30-3/h6-9,11-13,15-16H,4-5,10,14H2,1-3H3. The second kappa shape index (κ2) is 10.3. The maximum absolute atomic E-state index is 13.2. The fourth-order valence-electron chi connectivity index (χ4n) is 3.02. The normalized spacial score (nSPS) is 11.2. The Bertz CT molecular complexity index is 1150. The van der Waals surface area contributed by atoms with Crippen molar-refractivity contribution in [2.24, 2.45) is 0 Å². The molecule has 0 saturated carbocycles. The first kappa shape index (κ1) is 23.3. The topological polar surface area (TPSA) is 104 Å². The maximum Gasteiger partial charge on any atom is 0.337 e. The number of hydrogen-bond acceptors (Lipinski definition) is 7. The molecular formula is C22H26N4O5S. The zero-order chi connectivity index (χ0) is 23.1. The minimum Gasteiger partial charge on any atom is -0.494 e. The molecule has 2 aromatic carbocycles. The Morgan fingerprint density at radius 3 is 2.53 bits per heavy atom. The van der Waals surface area contributed by atoms with E-state index in [0.29, 0.717) is 30.2 Å². The summed E-state index contributed by atoms with van der Waals surface area (Å²) in [5, 5.41) is 4.06. The first-order valence-electron chi connectivity index (χ1n) is 10.1. The van der Waals surface area contributed by atoms with E-state index in [1.165, 1.54) is 45.0 Å². The molecule has 0 N–H and O–H groups in total. The summed E-state index contributed by atoms with van der Waals surface area (Å²) in [7, 11) is -1.16. The summed E-state index contributed by atoms with van der Waals surface area (Å²) in [6.07, 6.45) is 4.88. The first-order chi connectivity index (χ1) is 15.3. The van der Waals surface area contributed by atoms with Gasteiger partial charge in [-0.3, -0.25) is 4.31 Å². The second-order valence-electron chi connectivity index (χ2n) is 7.12. The lowest BCUT2D eigenvalue weighted by atomic mass is 10.1. The Hall–Kier alpha value is -3.40. The second-order valence-corrected chi connectivity index (χ2v) is 9.09. The van der Waals surface area contributed by atoms with Crippen molar-refractivity contribution >= 4 is 21.7 Å². The van der Waals surface area contributed by atoms with E-state index in [1.54, 1.807) is 28.9 Å². The highest BCUT2D eigenvalue weighted by molar-refractivity contribution is 7.92. The molecule has 170 valence electrons. The van der Waals surface area contributed by atoms with E-state index >= 15 is 0 Å². The number of carbonyl (C=O) groups excluding carboxylic acids is 1. The van der Waals surface area contributed by atoms with Crippen LogP contribution in [0.2, 0.25) is 0 Å². The highest BCUT2D eigenvalue weighted by atomic mass is 32.2. The number of benzene rings is 2. The first-order valence-corrected chi connectivity index (χ1v) is 11.6. The molecule has 1 heterocycles. The molecule has 0 aliphatic carbocycles. The Morgan fingerprint density at radius 2 is 1.91 bits per heavy atom. The lowest BCUT2D eigenvalue weighted by molar-refractivity contribution is 0.0600. The Balaban J connectivity index is 1.90. The maximum atomic E-state index is 13.2. The Morgan fingerprint density at radius 1 is 1.16 bits per heavy atom. The molecule has 0 aliphatic rings. The van der Waals surface area contributed by atoms with E-state index in [0.717, 1.165) is 17.1 Å². The highest BCUT2D eigenvalue weighted by Gasteiger charge is 2.23. The minimum atomic E-state index is -3.87. The number of aromatic nitrogens is 3. The van der Waals surface area contributed by atoms with Gasteiger partial charge in [0.2, 0.25) is 0 Å². The zero-order valence-corrected chi connectivity index (χ0v) is 19.1. The van der Waals surface area contributed by atoms with Crippen molar-refractivity contribution in [3.63, 3.8) is 0 Å². The van der Waals surface area contributed by atoms with Crippen LogP contribution in [0.3, 0.4) is 0 Å². The highest BCUT2D eigenvalue weighted by Crippen LogP contribution is 2.26. The van der Waals surface area contributed by atoms with E-state index in [1.807, 2.05) is 0 Å². The summed E-state index contributed by atoms with van der Waals surface area (Å²) in [6, 6.07) is 11.1. The smallest absolute Gasteiger partial charge is 0.337 e. The third-order valence-corrected chi connectivity index (χ3v) is 6.62. The predicted molar refractivity (Wildman–Crippen MR) is 119 cm³/mol. The van der Waals surface area contributed by atoms with Crippen LogP contribution in [0.15, 0.2) is 60.0 Å². The lowest BCUT2D eigenvalue weighted by Crippen LogP contribution is -2.27. The van der Waals surface area contributed by atoms with E-state index in [-0.39, 0.29) is 10.5 Å². The number of anilines is 1. The van der Waals surface area contributed by atoms with E-state index in [9.17, 15) is 13.2 Å². The third-order valence-electron chi connectivity index (χ3n) is 4.82. The van der Waals surface area contributed by atoms with Crippen molar-refractivity contribution in [3.05, 3.63) is 66.2 Å². The fourth-order valence-corrected chi connectivity index (χ4v) is 4.20. The predicted octanol–water partition coefficient (Wildman–Crippen LogP) is 3.12. The zero-order valence-electron chi connectivity index (χ0n) is 18.3. The lowest BCUT2D eigenvalue weighted by Gasteiger charge is -2.21. The molecule has 0 saturated heterocycles. The SMILES string of the molecule is CCCCOc1ccc(S(=O)(=O)N(C)c2cc(Cn3cncn3)cc(C(=O)OC)c2)cc1. The van der Waals surface area contributed by atoms with Gasteiger partial charge in [0.15, 0.2) is 0 Å². The van der Waals surface area contributed by atoms with Crippen molar-refractivity contribution < 1.29 is 22.7 Å². The van der Waals surface area contributed by atoms with Crippen LogP contribution in [-0.4, -0.2) is 49.9 Å². The molecule has 32 heavy (non-hydrogen) atoms. The van der Waals surface area contributed by atoms with Crippen LogP contribution >= 0.6 is 0 Å². The van der Waals surface area contributed by atoms with Crippen LogP contribution < -0.4 is 9.04 Å². The van der Waals surface area contributed by atoms with Gasteiger partial charge in [-0.05, 0) is 54.4 Å². The van der Waals surface area contributed by atoms with E-state index < -0.39 is 16.0 Å². The molecule has 3 aromatic rings. The van der Waals surface area contributed by atoms with Crippen molar-refractivity contribution in [2.45, 2.75) is 31.2 Å². The largest absolute Gasteiger partial charge is 0.494 e. The average molecular weight is 459 g/mol. The summed E-state index contributed by atoms with van der Waals surface area (Å²) in [5.74, 6) is 0.0499. The summed E-state index contributed by atoms with van der Waals surface area (Å²) in [6.45, 7) is 2.97. The van der Waals surface area contributed by atoms with Gasteiger partial charge in [0.25, 0.3) is 10.0 Å². The van der Waals surface area contributed by atoms with Gasteiger partial charge in [0.05, 0.1) is 36.4 Å². The van der Waals surface area contributed by atoms with Crippen molar-refractivity contribution in [1.82, 2.24) is 14.8 Å². The third kappa shape index (κ3) is 5.44. The molecule has 0 aliphatic heterocycles. The molecule has 0 bridgehead atoms.